The normalized spacial score (nSPS) is 11.7. The molecule has 0 fully saturated rings. The molecule has 1 rings (SSSR count). The fourth-order valence-electron chi connectivity index (χ4n) is 1.54. The monoisotopic (exact) mass is 191 g/mol. The molecule has 0 aliphatic rings. The first-order valence-electron chi connectivity index (χ1n) is 5.19. The SMILES string of the molecule is CC(C)[C](O)c1ccccc1C(C)C. The van der Waals surface area contributed by atoms with Crippen molar-refractivity contribution in [3.63, 3.8) is 0 Å². The van der Waals surface area contributed by atoms with E-state index < -0.39 is 0 Å². The Morgan fingerprint density at radius 1 is 1.07 bits per heavy atom. The molecule has 1 nitrogen and oxygen atoms in total. The van der Waals surface area contributed by atoms with Crippen molar-refractivity contribution in [3.8, 4) is 0 Å². The Morgan fingerprint density at radius 3 is 2.14 bits per heavy atom. The van der Waals surface area contributed by atoms with Crippen LogP contribution in [0.1, 0.15) is 44.7 Å². The fraction of sp³-hybridized carbons (Fsp3) is 0.462. The van der Waals surface area contributed by atoms with Gasteiger partial charge in [-0.15, -0.1) is 0 Å². The summed E-state index contributed by atoms with van der Waals surface area (Å²) in [5.41, 5.74) is 2.22. The molecule has 1 radical (unpaired) electrons. The van der Waals surface area contributed by atoms with E-state index in [1.807, 2.05) is 32.0 Å². The molecule has 0 amide bonds. The van der Waals surface area contributed by atoms with Gasteiger partial charge in [-0.25, -0.2) is 0 Å². The molecule has 1 N–H and O–H groups in total. The third-order valence-corrected chi connectivity index (χ3v) is 2.41. The summed E-state index contributed by atoms with van der Waals surface area (Å²) >= 11 is 0. The molecule has 0 atom stereocenters. The van der Waals surface area contributed by atoms with E-state index in [2.05, 4.69) is 19.9 Å². The lowest BCUT2D eigenvalue weighted by Crippen LogP contribution is -2.10. The number of rotatable bonds is 3. The van der Waals surface area contributed by atoms with Crippen LogP contribution in [0.2, 0.25) is 0 Å². The number of aliphatic hydroxyl groups is 1. The van der Waals surface area contributed by atoms with Crippen LogP contribution in [-0.4, -0.2) is 5.11 Å². The first kappa shape index (κ1) is 11.3. The lowest BCUT2D eigenvalue weighted by molar-refractivity contribution is 0.272. The van der Waals surface area contributed by atoms with Crippen LogP contribution in [-0.2, 0) is 0 Å². The molecule has 0 saturated carbocycles. The number of hydrogen-bond acceptors (Lipinski definition) is 1. The lowest BCUT2D eigenvalue weighted by atomic mass is 9.90. The van der Waals surface area contributed by atoms with Crippen molar-refractivity contribution in [2.45, 2.75) is 33.6 Å². The van der Waals surface area contributed by atoms with Gasteiger partial charge in [-0.1, -0.05) is 52.0 Å². The maximum absolute atomic E-state index is 9.94. The Bertz CT molecular complexity index is 289. The summed E-state index contributed by atoms with van der Waals surface area (Å²) in [6.45, 7) is 8.30. The predicted octanol–water partition coefficient (Wildman–Crippen LogP) is 3.72. The molecule has 1 heteroatoms. The molecule has 0 aliphatic carbocycles. The van der Waals surface area contributed by atoms with Gasteiger partial charge in [0, 0.05) is 0 Å². The predicted molar refractivity (Wildman–Crippen MR) is 59.6 cm³/mol. The molecule has 0 saturated heterocycles. The van der Waals surface area contributed by atoms with Crippen molar-refractivity contribution in [2.75, 3.05) is 0 Å². The molecule has 77 valence electrons. The van der Waals surface area contributed by atoms with Crippen molar-refractivity contribution in [1.82, 2.24) is 0 Å². The molecule has 0 bridgehead atoms. The van der Waals surface area contributed by atoms with Crippen LogP contribution in [0.15, 0.2) is 24.3 Å². The summed E-state index contributed by atoms with van der Waals surface area (Å²) in [5, 5.41) is 9.94. The van der Waals surface area contributed by atoms with Crippen LogP contribution in [0.5, 0.6) is 0 Å². The Labute approximate surface area is 86.8 Å². The largest absolute Gasteiger partial charge is 0.381 e. The summed E-state index contributed by atoms with van der Waals surface area (Å²) in [6.07, 6.45) is 0.495. The molecular weight excluding hydrogens is 172 g/mol. The minimum Gasteiger partial charge on any atom is -0.381 e. The van der Waals surface area contributed by atoms with E-state index in [9.17, 15) is 5.11 Å². The summed E-state index contributed by atoms with van der Waals surface area (Å²) in [4.78, 5) is 0. The van der Waals surface area contributed by atoms with Gasteiger partial charge in [-0.3, -0.25) is 0 Å². The van der Waals surface area contributed by atoms with E-state index in [0.29, 0.717) is 12.0 Å². The van der Waals surface area contributed by atoms with E-state index in [0.717, 1.165) is 5.56 Å². The van der Waals surface area contributed by atoms with Gasteiger partial charge in [-0.05, 0) is 23.0 Å². The average molecular weight is 191 g/mol. The van der Waals surface area contributed by atoms with Crippen LogP contribution in [0, 0.1) is 12.0 Å². The van der Waals surface area contributed by atoms with Crippen molar-refractivity contribution in [2.24, 2.45) is 5.92 Å². The zero-order chi connectivity index (χ0) is 10.7. The van der Waals surface area contributed by atoms with Gasteiger partial charge < -0.3 is 5.11 Å². The highest BCUT2D eigenvalue weighted by atomic mass is 16.3. The summed E-state index contributed by atoms with van der Waals surface area (Å²) in [7, 11) is 0. The maximum atomic E-state index is 9.94. The molecule has 0 spiro atoms. The molecular formula is C13H19O. The fourth-order valence-corrected chi connectivity index (χ4v) is 1.54. The number of hydrogen-bond donors (Lipinski definition) is 1. The van der Waals surface area contributed by atoms with E-state index in [-0.39, 0.29) is 5.92 Å². The highest BCUT2D eigenvalue weighted by Gasteiger charge is 2.17. The summed E-state index contributed by atoms with van der Waals surface area (Å²) in [6, 6.07) is 8.06. The molecule has 1 aromatic rings. The molecule has 1 aromatic carbocycles. The first-order chi connectivity index (χ1) is 6.54. The van der Waals surface area contributed by atoms with Crippen LogP contribution < -0.4 is 0 Å². The van der Waals surface area contributed by atoms with Gasteiger partial charge in [0.1, 0.15) is 6.10 Å². The highest BCUT2D eigenvalue weighted by Crippen LogP contribution is 2.28. The minimum absolute atomic E-state index is 0.190. The van der Waals surface area contributed by atoms with E-state index >= 15 is 0 Å². The van der Waals surface area contributed by atoms with E-state index in [1.165, 1.54) is 5.56 Å². The zero-order valence-corrected chi connectivity index (χ0v) is 9.41. The highest BCUT2D eigenvalue weighted by molar-refractivity contribution is 5.38. The topological polar surface area (TPSA) is 20.2 Å². The lowest BCUT2D eigenvalue weighted by Gasteiger charge is -2.19. The number of aliphatic hydroxyl groups excluding tert-OH is 1. The first-order valence-corrected chi connectivity index (χ1v) is 5.19. The van der Waals surface area contributed by atoms with Gasteiger partial charge >= 0.3 is 0 Å². The van der Waals surface area contributed by atoms with Gasteiger partial charge in [0.05, 0.1) is 0 Å². The Morgan fingerprint density at radius 2 is 1.64 bits per heavy atom. The second kappa shape index (κ2) is 4.61. The quantitative estimate of drug-likeness (QED) is 0.772. The average Bonchev–Trinajstić information content (AvgIpc) is 2.16. The molecule has 0 aliphatic heterocycles. The molecule has 14 heavy (non-hydrogen) atoms. The Balaban J connectivity index is 3.06. The van der Waals surface area contributed by atoms with Gasteiger partial charge in [0.15, 0.2) is 0 Å². The molecule has 0 unspecified atom stereocenters. The second-order valence-electron chi connectivity index (χ2n) is 4.28. The summed E-state index contributed by atoms with van der Waals surface area (Å²) < 4.78 is 0. The van der Waals surface area contributed by atoms with Crippen LogP contribution in [0.4, 0.5) is 0 Å². The minimum atomic E-state index is 0.190. The van der Waals surface area contributed by atoms with Crippen molar-refractivity contribution >= 4 is 0 Å². The van der Waals surface area contributed by atoms with Crippen molar-refractivity contribution in [1.29, 1.82) is 0 Å². The second-order valence-corrected chi connectivity index (χ2v) is 4.28. The van der Waals surface area contributed by atoms with Gasteiger partial charge in [0.25, 0.3) is 0 Å². The Kier molecular flexibility index (Phi) is 3.70. The molecule has 0 aromatic heterocycles. The molecule has 0 heterocycles. The van der Waals surface area contributed by atoms with Crippen LogP contribution in [0.3, 0.4) is 0 Å². The standard InChI is InChI=1S/C13H19O/c1-9(2)11-7-5-6-8-12(11)13(14)10(3)4/h5-10,14H,1-4H3. The van der Waals surface area contributed by atoms with Gasteiger partial charge in [-0.2, -0.15) is 0 Å². The Hall–Kier alpha value is -0.820. The third-order valence-electron chi connectivity index (χ3n) is 2.41. The maximum Gasteiger partial charge on any atom is 0.125 e. The van der Waals surface area contributed by atoms with E-state index in [4.69, 9.17) is 0 Å². The summed E-state index contributed by atoms with van der Waals surface area (Å²) in [5.74, 6) is 0.641. The van der Waals surface area contributed by atoms with Crippen molar-refractivity contribution in [3.05, 3.63) is 41.5 Å². The number of benzene rings is 1. The van der Waals surface area contributed by atoms with Gasteiger partial charge in [0.2, 0.25) is 0 Å². The van der Waals surface area contributed by atoms with Crippen molar-refractivity contribution < 1.29 is 5.11 Å². The van der Waals surface area contributed by atoms with Crippen LogP contribution in [0.25, 0.3) is 0 Å². The van der Waals surface area contributed by atoms with E-state index in [1.54, 1.807) is 0 Å². The van der Waals surface area contributed by atoms with Crippen LogP contribution >= 0.6 is 0 Å². The smallest absolute Gasteiger partial charge is 0.125 e. The zero-order valence-electron chi connectivity index (χ0n) is 9.41. The third kappa shape index (κ3) is 2.36.